The lowest BCUT2D eigenvalue weighted by atomic mass is 10.2. The van der Waals surface area contributed by atoms with Crippen LogP contribution in [0.2, 0.25) is 0 Å². The summed E-state index contributed by atoms with van der Waals surface area (Å²) >= 11 is 0. The Bertz CT molecular complexity index is 331. The Morgan fingerprint density at radius 1 is 1.40 bits per heavy atom. The van der Waals surface area contributed by atoms with Crippen molar-refractivity contribution in [2.24, 2.45) is 0 Å². The van der Waals surface area contributed by atoms with Crippen molar-refractivity contribution in [2.45, 2.75) is 27.2 Å². The average molecular weight is 209 g/mol. The van der Waals surface area contributed by atoms with Crippen molar-refractivity contribution in [3.05, 3.63) is 29.6 Å². The minimum atomic E-state index is -0.416. The van der Waals surface area contributed by atoms with E-state index in [1.807, 2.05) is 26.8 Å². The molecule has 1 aromatic carbocycles. The quantitative estimate of drug-likeness (QED) is 0.763. The molecule has 0 aliphatic rings. The van der Waals surface area contributed by atoms with Crippen LogP contribution in [0, 0.1) is 17.1 Å². The fourth-order valence-corrected chi connectivity index (χ4v) is 0.927. The van der Waals surface area contributed by atoms with Crippen LogP contribution in [0.3, 0.4) is 0 Å². The molecule has 0 saturated carbocycles. The summed E-state index contributed by atoms with van der Waals surface area (Å²) in [5, 5.41) is 8.65. The molecule has 0 bridgehead atoms. The highest BCUT2D eigenvalue weighted by molar-refractivity contribution is 5.42. The lowest BCUT2D eigenvalue weighted by Gasteiger charge is -2.05. The lowest BCUT2D eigenvalue weighted by molar-refractivity contribution is 0.316. The van der Waals surface area contributed by atoms with Crippen LogP contribution in [0.5, 0.6) is 5.75 Å². The second-order valence-electron chi connectivity index (χ2n) is 2.60. The standard InChI is InChI=1S/C10H10FNO.C2H6/c1-2-5-13-10-4-3-9(11)6-8(10)7-12;1-2/h3-4,6H,2,5H2,1H3;1-2H3. The lowest BCUT2D eigenvalue weighted by Crippen LogP contribution is -1.97. The molecular formula is C12H16FNO. The Hall–Kier alpha value is -1.56. The van der Waals surface area contributed by atoms with Crippen LogP contribution in [0.1, 0.15) is 32.8 Å². The minimum absolute atomic E-state index is 0.244. The first kappa shape index (κ1) is 13.4. The number of nitriles is 1. The zero-order valence-electron chi connectivity index (χ0n) is 9.38. The van der Waals surface area contributed by atoms with Gasteiger partial charge in [0, 0.05) is 0 Å². The van der Waals surface area contributed by atoms with Gasteiger partial charge in [-0.3, -0.25) is 0 Å². The summed E-state index contributed by atoms with van der Waals surface area (Å²) in [5.41, 5.74) is 0.244. The fourth-order valence-electron chi connectivity index (χ4n) is 0.927. The average Bonchev–Trinajstić information content (AvgIpc) is 2.30. The maximum Gasteiger partial charge on any atom is 0.137 e. The molecule has 82 valence electrons. The number of rotatable bonds is 3. The van der Waals surface area contributed by atoms with Gasteiger partial charge in [-0.25, -0.2) is 4.39 Å². The molecule has 2 nitrogen and oxygen atoms in total. The predicted molar refractivity (Wildman–Crippen MR) is 58.2 cm³/mol. The summed E-state index contributed by atoms with van der Waals surface area (Å²) in [5.74, 6) is 0.0335. The fraction of sp³-hybridized carbons (Fsp3) is 0.417. The molecule has 1 rings (SSSR count). The van der Waals surface area contributed by atoms with Crippen LogP contribution in [0.25, 0.3) is 0 Å². The summed E-state index contributed by atoms with van der Waals surface area (Å²) in [7, 11) is 0. The molecule has 15 heavy (non-hydrogen) atoms. The number of nitrogens with zero attached hydrogens (tertiary/aromatic N) is 1. The molecule has 3 heteroatoms. The van der Waals surface area contributed by atoms with Crippen LogP contribution < -0.4 is 4.74 Å². The maximum absolute atomic E-state index is 12.6. The van der Waals surface area contributed by atoms with Crippen molar-refractivity contribution in [3.63, 3.8) is 0 Å². The zero-order valence-corrected chi connectivity index (χ0v) is 9.38. The highest BCUT2D eigenvalue weighted by Crippen LogP contribution is 2.18. The Morgan fingerprint density at radius 3 is 2.60 bits per heavy atom. The molecule has 0 aliphatic carbocycles. The third-order valence-electron chi connectivity index (χ3n) is 1.52. The summed E-state index contributed by atoms with van der Waals surface area (Å²) in [6, 6.07) is 5.81. The molecule has 0 N–H and O–H groups in total. The Balaban J connectivity index is 0.000000921. The van der Waals surface area contributed by atoms with Gasteiger partial charge in [-0.05, 0) is 24.6 Å². The summed E-state index contributed by atoms with van der Waals surface area (Å²) in [4.78, 5) is 0. The van der Waals surface area contributed by atoms with Crippen molar-refractivity contribution in [1.29, 1.82) is 5.26 Å². The van der Waals surface area contributed by atoms with Crippen LogP contribution in [-0.4, -0.2) is 6.61 Å². The van der Waals surface area contributed by atoms with Crippen molar-refractivity contribution < 1.29 is 9.13 Å². The van der Waals surface area contributed by atoms with E-state index in [9.17, 15) is 4.39 Å². The number of halogens is 1. The molecule has 0 fully saturated rings. The van der Waals surface area contributed by atoms with E-state index in [4.69, 9.17) is 10.00 Å². The topological polar surface area (TPSA) is 33.0 Å². The van der Waals surface area contributed by atoms with Crippen molar-refractivity contribution >= 4 is 0 Å². The number of hydrogen-bond acceptors (Lipinski definition) is 2. The Kier molecular flexibility index (Phi) is 7.00. The molecule has 1 aromatic rings. The van der Waals surface area contributed by atoms with Gasteiger partial charge in [0.15, 0.2) is 0 Å². The summed E-state index contributed by atoms with van der Waals surface area (Å²) in [6.45, 7) is 6.51. The van der Waals surface area contributed by atoms with E-state index in [2.05, 4.69) is 0 Å². The van der Waals surface area contributed by atoms with Crippen LogP contribution >= 0.6 is 0 Å². The Labute approximate surface area is 90.3 Å². The third-order valence-corrected chi connectivity index (χ3v) is 1.52. The van der Waals surface area contributed by atoms with Gasteiger partial charge in [0.1, 0.15) is 17.6 Å². The monoisotopic (exact) mass is 209 g/mol. The molecule has 0 amide bonds. The summed E-state index contributed by atoms with van der Waals surface area (Å²) < 4.78 is 17.9. The molecule has 0 saturated heterocycles. The van der Waals surface area contributed by atoms with Crippen molar-refractivity contribution in [2.75, 3.05) is 6.61 Å². The van der Waals surface area contributed by atoms with E-state index in [1.165, 1.54) is 18.2 Å². The van der Waals surface area contributed by atoms with Gasteiger partial charge in [0.05, 0.1) is 12.2 Å². The van der Waals surface area contributed by atoms with Gasteiger partial charge in [-0.15, -0.1) is 0 Å². The maximum atomic E-state index is 12.6. The number of benzene rings is 1. The molecule has 0 aliphatic heterocycles. The van der Waals surface area contributed by atoms with Gasteiger partial charge in [-0.1, -0.05) is 20.8 Å². The van der Waals surface area contributed by atoms with E-state index in [0.29, 0.717) is 12.4 Å². The minimum Gasteiger partial charge on any atom is -0.492 e. The van der Waals surface area contributed by atoms with E-state index in [-0.39, 0.29) is 5.56 Å². The van der Waals surface area contributed by atoms with Gasteiger partial charge < -0.3 is 4.74 Å². The van der Waals surface area contributed by atoms with Crippen LogP contribution in [0.15, 0.2) is 18.2 Å². The Morgan fingerprint density at radius 2 is 2.07 bits per heavy atom. The van der Waals surface area contributed by atoms with Gasteiger partial charge >= 0.3 is 0 Å². The number of hydrogen-bond donors (Lipinski definition) is 0. The summed E-state index contributed by atoms with van der Waals surface area (Å²) in [6.07, 6.45) is 0.863. The van der Waals surface area contributed by atoms with E-state index < -0.39 is 5.82 Å². The van der Waals surface area contributed by atoms with Crippen molar-refractivity contribution in [1.82, 2.24) is 0 Å². The first-order chi connectivity index (χ1) is 7.27. The molecule has 0 atom stereocenters. The van der Waals surface area contributed by atoms with E-state index in [0.717, 1.165) is 6.42 Å². The van der Waals surface area contributed by atoms with E-state index >= 15 is 0 Å². The predicted octanol–water partition coefficient (Wildman–Crippen LogP) is 3.51. The molecule has 0 spiro atoms. The molecule has 0 radical (unpaired) electrons. The second-order valence-corrected chi connectivity index (χ2v) is 2.60. The second kappa shape index (κ2) is 7.81. The highest BCUT2D eigenvalue weighted by Gasteiger charge is 2.03. The zero-order chi connectivity index (χ0) is 11.7. The van der Waals surface area contributed by atoms with Crippen LogP contribution in [0.4, 0.5) is 4.39 Å². The van der Waals surface area contributed by atoms with Crippen LogP contribution in [-0.2, 0) is 0 Å². The number of ether oxygens (including phenoxy) is 1. The molecule has 0 heterocycles. The first-order valence-corrected chi connectivity index (χ1v) is 5.10. The van der Waals surface area contributed by atoms with E-state index in [1.54, 1.807) is 0 Å². The molecule has 0 aromatic heterocycles. The normalized spacial score (nSPS) is 8.47. The molecular weight excluding hydrogens is 193 g/mol. The highest BCUT2D eigenvalue weighted by atomic mass is 19.1. The first-order valence-electron chi connectivity index (χ1n) is 5.10. The van der Waals surface area contributed by atoms with Gasteiger partial charge in [0.2, 0.25) is 0 Å². The SMILES string of the molecule is CC.CCCOc1ccc(F)cc1C#N. The third kappa shape index (κ3) is 4.46. The van der Waals surface area contributed by atoms with Crippen molar-refractivity contribution in [3.8, 4) is 11.8 Å². The smallest absolute Gasteiger partial charge is 0.137 e. The largest absolute Gasteiger partial charge is 0.492 e. The molecule has 0 unspecified atom stereocenters. The van der Waals surface area contributed by atoms with Gasteiger partial charge in [-0.2, -0.15) is 5.26 Å². The van der Waals surface area contributed by atoms with Gasteiger partial charge in [0.25, 0.3) is 0 Å².